The number of hydrogen-bond acceptors (Lipinski definition) is 8. The fourth-order valence-electron chi connectivity index (χ4n) is 5.10. The maximum Gasteiger partial charge on any atom is 0.278 e. The molecule has 2 aliphatic rings. The molecule has 5 heterocycles. The summed E-state index contributed by atoms with van der Waals surface area (Å²) in [5.74, 6) is 0.907. The van der Waals surface area contributed by atoms with E-state index in [0.717, 1.165) is 38.3 Å². The Balaban J connectivity index is 1.37. The average molecular weight is 513 g/mol. The summed E-state index contributed by atoms with van der Waals surface area (Å²) in [5, 5.41) is 18.2. The average Bonchev–Trinajstić information content (AvgIpc) is 3.08. The van der Waals surface area contributed by atoms with Crippen molar-refractivity contribution in [1.82, 2.24) is 29.6 Å². The third-order valence-electron chi connectivity index (χ3n) is 7.25. The second kappa shape index (κ2) is 10.0. The highest BCUT2D eigenvalue weighted by Gasteiger charge is 2.26. The number of hydrogen-bond donors (Lipinski definition) is 3. The molecule has 1 atom stereocenters. The first-order valence-electron chi connectivity index (χ1n) is 13.2. The number of benzene rings is 1. The Kier molecular flexibility index (Phi) is 6.42. The van der Waals surface area contributed by atoms with Crippen LogP contribution in [-0.2, 0) is 12.1 Å². The Bertz CT molecular complexity index is 1530. The van der Waals surface area contributed by atoms with E-state index < -0.39 is 5.60 Å². The fourth-order valence-corrected chi connectivity index (χ4v) is 5.10. The van der Waals surface area contributed by atoms with Crippen LogP contribution in [0, 0.1) is 0 Å². The Morgan fingerprint density at radius 2 is 1.92 bits per heavy atom. The molecule has 3 N–H and O–H groups in total. The highest BCUT2D eigenvalue weighted by atomic mass is 16.3. The standard InChI is InChI=1S/C28H32N8O2/c1-28(38)13-3-2-4-17-35-26(37)22-19-30-27(33-25(22)36(35)24-8-5-7-23(28)32-24)31-20-9-11-21(12-10-20)34-16-6-14-29-15-18-34/h2,4-5,7-12,19,29,38H,3,6,13-18H2,1H3,(H,30,31,33)/b4-2-/t28-/m1/s1. The second-order valence-corrected chi connectivity index (χ2v) is 10.1. The first kappa shape index (κ1) is 24.3. The highest BCUT2D eigenvalue weighted by Crippen LogP contribution is 2.27. The Morgan fingerprint density at radius 1 is 1.05 bits per heavy atom. The predicted molar refractivity (Wildman–Crippen MR) is 148 cm³/mol. The van der Waals surface area contributed by atoms with Crippen LogP contribution < -0.4 is 21.1 Å². The van der Waals surface area contributed by atoms with Crippen LogP contribution in [0.4, 0.5) is 17.3 Å². The molecule has 2 aliphatic heterocycles. The van der Waals surface area contributed by atoms with Gasteiger partial charge >= 0.3 is 0 Å². The molecule has 1 saturated heterocycles. The van der Waals surface area contributed by atoms with Crippen LogP contribution in [0.3, 0.4) is 0 Å². The number of pyridine rings is 1. The van der Waals surface area contributed by atoms with E-state index in [9.17, 15) is 9.90 Å². The normalized spacial score (nSPS) is 20.8. The lowest BCUT2D eigenvalue weighted by molar-refractivity contribution is 0.0443. The van der Waals surface area contributed by atoms with Crippen molar-refractivity contribution in [1.29, 1.82) is 0 Å². The Hall–Kier alpha value is -4.02. The van der Waals surface area contributed by atoms with Crippen molar-refractivity contribution in [2.24, 2.45) is 0 Å². The van der Waals surface area contributed by atoms with Gasteiger partial charge in [-0.05, 0) is 69.1 Å². The van der Waals surface area contributed by atoms with Crippen molar-refractivity contribution < 1.29 is 5.11 Å². The van der Waals surface area contributed by atoms with Gasteiger partial charge in [0.1, 0.15) is 11.0 Å². The summed E-state index contributed by atoms with van der Waals surface area (Å²) < 4.78 is 3.33. The number of aliphatic hydroxyl groups is 1. The SMILES string of the molecule is C[C@@]1(O)CC/C=C\Cn2c(=O)c3cnc(Nc4ccc(N5CCCNCC5)cc4)nc3n2-c2cccc1n2. The Labute approximate surface area is 220 Å². The van der Waals surface area contributed by atoms with E-state index in [2.05, 4.69) is 32.7 Å². The molecule has 4 aromatic rings. The number of nitrogens with zero attached hydrogens (tertiary/aromatic N) is 6. The van der Waals surface area contributed by atoms with Gasteiger partial charge in [0.2, 0.25) is 5.95 Å². The summed E-state index contributed by atoms with van der Waals surface area (Å²) in [6.45, 7) is 6.19. The topological polar surface area (TPSA) is 113 Å². The number of rotatable bonds is 3. The van der Waals surface area contributed by atoms with Crippen LogP contribution in [0.2, 0.25) is 0 Å². The number of anilines is 3. The first-order chi connectivity index (χ1) is 18.5. The van der Waals surface area contributed by atoms with Gasteiger partial charge < -0.3 is 20.6 Å². The molecule has 38 heavy (non-hydrogen) atoms. The lowest BCUT2D eigenvalue weighted by Gasteiger charge is -2.22. The maximum atomic E-state index is 13.3. The van der Waals surface area contributed by atoms with Gasteiger partial charge in [0.25, 0.3) is 5.56 Å². The third-order valence-corrected chi connectivity index (χ3v) is 7.25. The highest BCUT2D eigenvalue weighted by molar-refractivity contribution is 5.77. The molecule has 1 fully saturated rings. The molecular formula is C28H32N8O2. The van der Waals surface area contributed by atoms with Gasteiger partial charge in [0, 0.05) is 37.2 Å². The zero-order valence-electron chi connectivity index (χ0n) is 21.5. The molecule has 6 rings (SSSR count). The molecular weight excluding hydrogens is 480 g/mol. The summed E-state index contributed by atoms with van der Waals surface area (Å²) in [7, 11) is 0. The summed E-state index contributed by atoms with van der Waals surface area (Å²) in [5.41, 5.74) is 1.78. The van der Waals surface area contributed by atoms with E-state index in [1.165, 1.54) is 5.69 Å². The summed E-state index contributed by atoms with van der Waals surface area (Å²) >= 11 is 0. The van der Waals surface area contributed by atoms with Crippen molar-refractivity contribution in [3.8, 4) is 5.82 Å². The lowest BCUT2D eigenvalue weighted by Crippen LogP contribution is -2.27. The smallest absolute Gasteiger partial charge is 0.278 e. The van der Waals surface area contributed by atoms with E-state index in [1.807, 2.05) is 42.5 Å². The minimum atomic E-state index is -1.09. The zero-order chi connectivity index (χ0) is 26.1. The van der Waals surface area contributed by atoms with Crippen LogP contribution >= 0.6 is 0 Å². The minimum Gasteiger partial charge on any atom is -0.384 e. The zero-order valence-corrected chi connectivity index (χ0v) is 21.5. The van der Waals surface area contributed by atoms with Crippen molar-refractivity contribution in [3.63, 3.8) is 0 Å². The molecule has 0 unspecified atom stereocenters. The van der Waals surface area contributed by atoms with Gasteiger partial charge in [-0.25, -0.2) is 19.3 Å². The summed E-state index contributed by atoms with van der Waals surface area (Å²) in [6.07, 6.45) is 7.83. The van der Waals surface area contributed by atoms with Crippen LogP contribution in [0.1, 0.15) is 31.9 Å². The van der Waals surface area contributed by atoms with E-state index in [0.29, 0.717) is 47.9 Å². The van der Waals surface area contributed by atoms with E-state index in [1.54, 1.807) is 22.5 Å². The van der Waals surface area contributed by atoms with E-state index >= 15 is 0 Å². The minimum absolute atomic E-state index is 0.189. The largest absolute Gasteiger partial charge is 0.384 e. The van der Waals surface area contributed by atoms with Crippen LogP contribution in [0.25, 0.3) is 16.9 Å². The molecule has 0 radical (unpaired) electrons. The van der Waals surface area contributed by atoms with Crippen molar-refractivity contribution in [2.45, 2.75) is 38.3 Å². The van der Waals surface area contributed by atoms with Crippen molar-refractivity contribution in [3.05, 3.63) is 76.9 Å². The third kappa shape index (κ3) is 4.68. The number of nitrogens with one attached hydrogen (secondary N) is 2. The monoisotopic (exact) mass is 512 g/mol. The van der Waals surface area contributed by atoms with Gasteiger partial charge in [-0.1, -0.05) is 18.2 Å². The van der Waals surface area contributed by atoms with Gasteiger partial charge in [-0.15, -0.1) is 0 Å². The van der Waals surface area contributed by atoms with Gasteiger partial charge in [-0.2, -0.15) is 4.98 Å². The molecule has 0 amide bonds. The number of fused-ring (bicyclic) bond motifs is 6. The van der Waals surface area contributed by atoms with Crippen molar-refractivity contribution >= 4 is 28.4 Å². The molecule has 0 aliphatic carbocycles. The second-order valence-electron chi connectivity index (χ2n) is 10.1. The quantitative estimate of drug-likeness (QED) is 0.359. The van der Waals surface area contributed by atoms with Gasteiger partial charge in [-0.3, -0.25) is 4.79 Å². The molecule has 3 aromatic heterocycles. The number of allylic oxidation sites excluding steroid dienone is 2. The molecule has 10 heteroatoms. The van der Waals surface area contributed by atoms with E-state index in [4.69, 9.17) is 9.97 Å². The number of aromatic nitrogens is 5. The first-order valence-corrected chi connectivity index (χ1v) is 13.2. The van der Waals surface area contributed by atoms with Crippen LogP contribution in [-0.4, -0.2) is 55.6 Å². The van der Waals surface area contributed by atoms with Crippen LogP contribution in [0.15, 0.2) is 65.6 Å². The molecule has 10 nitrogen and oxygen atoms in total. The molecule has 1 aromatic carbocycles. The summed E-state index contributed by atoms with van der Waals surface area (Å²) in [4.78, 5) is 29.7. The molecule has 0 spiro atoms. The summed E-state index contributed by atoms with van der Waals surface area (Å²) in [6, 6.07) is 13.7. The maximum absolute atomic E-state index is 13.3. The molecule has 196 valence electrons. The van der Waals surface area contributed by atoms with Crippen LogP contribution in [0.5, 0.6) is 0 Å². The Morgan fingerprint density at radius 3 is 2.79 bits per heavy atom. The predicted octanol–water partition coefficient (Wildman–Crippen LogP) is 3.08. The van der Waals surface area contributed by atoms with E-state index in [-0.39, 0.29) is 5.56 Å². The molecule has 2 bridgehead atoms. The lowest BCUT2D eigenvalue weighted by atomic mass is 9.95. The van der Waals surface area contributed by atoms with Gasteiger partial charge in [0.05, 0.1) is 12.2 Å². The van der Waals surface area contributed by atoms with Gasteiger partial charge in [0.15, 0.2) is 11.5 Å². The molecule has 0 saturated carbocycles. The van der Waals surface area contributed by atoms with Crippen molar-refractivity contribution in [2.75, 3.05) is 36.4 Å². The fraction of sp³-hybridized carbons (Fsp3) is 0.357.